The maximum Gasteiger partial charge on any atom is 0.137 e. The average molecular weight is 398 g/mol. The van der Waals surface area contributed by atoms with Crippen LogP contribution in [0, 0.1) is 5.82 Å². The molecule has 0 amide bonds. The van der Waals surface area contributed by atoms with Crippen molar-refractivity contribution in [3.05, 3.63) is 61.3 Å². The molecule has 1 N–H and O–H groups in total. The van der Waals surface area contributed by atoms with E-state index in [1.165, 1.54) is 6.07 Å². The van der Waals surface area contributed by atoms with E-state index in [-0.39, 0.29) is 11.9 Å². The van der Waals surface area contributed by atoms with Gasteiger partial charge in [-0.25, -0.2) is 4.39 Å². The number of hydrogen-bond donors (Lipinski definition) is 1. The number of nitrogens with one attached hydrogen (secondary N) is 1. The van der Waals surface area contributed by atoms with Gasteiger partial charge >= 0.3 is 0 Å². The zero-order valence-electron chi connectivity index (χ0n) is 10.4. The Morgan fingerprint density at radius 2 is 1.70 bits per heavy atom. The quantitative estimate of drug-likeness (QED) is 0.606. The maximum atomic E-state index is 13.2. The largest absolute Gasteiger partial charge is 0.376 e. The Bertz CT molecular complexity index is 625. The summed E-state index contributed by atoms with van der Waals surface area (Å²) in [5.74, 6) is -0.302. The number of halogens is 5. The Labute approximate surface area is 140 Å². The molecule has 20 heavy (non-hydrogen) atoms. The fourth-order valence-corrected chi connectivity index (χ4v) is 3.08. The topological polar surface area (TPSA) is 12.0 Å². The molecule has 0 saturated heterocycles. The summed E-state index contributed by atoms with van der Waals surface area (Å²) in [6, 6.07) is 7.96. The van der Waals surface area contributed by atoms with Crippen LogP contribution in [-0.2, 0) is 0 Å². The molecule has 0 bridgehead atoms. The van der Waals surface area contributed by atoms with Crippen LogP contribution in [0.1, 0.15) is 18.5 Å². The van der Waals surface area contributed by atoms with E-state index in [2.05, 4.69) is 21.2 Å². The van der Waals surface area contributed by atoms with Crippen molar-refractivity contribution in [3.8, 4) is 0 Å². The number of anilines is 1. The molecule has 0 saturated carbocycles. The second-order valence-corrected chi connectivity index (χ2v) is 6.39. The van der Waals surface area contributed by atoms with Gasteiger partial charge in [-0.3, -0.25) is 0 Å². The van der Waals surface area contributed by atoms with Crippen molar-refractivity contribution in [2.24, 2.45) is 0 Å². The first-order chi connectivity index (χ1) is 9.38. The molecule has 0 fully saturated rings. The second-order valence-electron chi connectivity index (χ2n) is 4.28. The van der Waals surface area contributed by atoms with Gasteiger partial charge in [-0.2, -0.15) is 0 Å². The lowest BCUT2D eigenvalue weighted by atomic mass is 10.1. The van der Waals surface area contributed by atoms with Crippen molar-refractivity contribution in [2.45, 2.75) is 13.0 Å². The van der Waals surface area contributed by atoms with Crippen LogP contribution in [0.5, 0.6) is 0 Å². The van der Waals surface area contributed by atoms with Gasteiger partial charge < -0.3 is 5.32 Å². The Kier molecular flexibility index (Phi) is 5.19. The van der Waals surface area contributed by atoms with Crippen molar-refractivity contribution >= 4 is 56.4 Å². The van der Waals surface area contributed by atoms with E-state index in [0.717, 1.165) is 5.56 Å². The van der Waals surface area contributed by atoms with Gasteiger partial charge in [-0.1, -0.05) is 40.9 Å². The molecule has 0 aliphatic carbocycles. The zero-order chi connectivity index (χ0) is 14.9. The van der Waals surface area contributed by atoms with E-state index in [4.69, 9.17) is 34.8 Å². The van der Waals surface area contributed by atoms with E-state index in [1.807, 2.05) is 6.92 Å². The fourth-order valence-electron chi connectivity index (χ4n) is 1.76. The molecular weight excluding hydrogens is 387 g/mol. The van der Waals surface area contributed by atoms with Gasteiger partial charge in [0.2, 0.25) is 0 Å². The Balaban J connectivity index is 2.27. The molecule has 0 aliphatic heterocycles. The smallest absolute Gasteiger partial charge is 0.137 e. The van der Waals surface area contributed by atoms with E-state index >= 15 is 0 Å². The van der Waals surface area contributed by atoms with Gasteiger partial charge in [0.1, 0.15) is 5.82 Å². The second kappa shape index (κ2) is 6.52. The first kappa shape index (κ1) is 15.9. The molecule has 106 valence electrons. The van der Waals surface area contributed by atoms with Gasteiger partial charge in [-0.05, 0) is 52.7 Å². The standard InChI is InChI=1S/C14H10BrCl3FN/c1-7(8-2-3-13(19)10(15)4-8)20-14-11(17)5-9(16)6-12(14)18/h2-7,20H,1H3. The summed E-state index contributed by atoms with van der Waals surface area (Å²) in [5, 5.41) is 4.56. The highest BCUT2D eigenvalue weighted by molar-refractivity contribution is 9.10. The van der Waals surface area contributed by atoms with Crippen molar-refractivity contribution in [1.29, 1.82) is 0 Å². The van der Waals surface area contributed by atoms with E-state index in [9.17, 15) is 4.39 Å². The highest BCUT2D eigenvalue weighted by Gasteiger charge is 2.13. The van der Waals surface area contributed by atoms with Gasteiger partial charge in [0.05, 0.1) is 20.2 Å². The predicted octanol–water partition coefficient (Wildman–Crippen LogP) is 6.72. The normalized spacial score (nSPS) is 12.3. The van der Waals surface area contributed by atoms with Gasteiger partial charge in [0.25, 0.3) is 0 Å². The van der Waals surface area contributed by atoms with E-state index in [0.29, 0.717) is 25.2 Å². The molecule has 2 rings (SSSR count). The minimum atomic E-state index is -0.302. The lowest BCUT2D eigenvalue weighted by molar-refractivity contribution is 0.619. The minimum Gasteiger partial charge on any atom is -0.376 e. The van der Waals surface area contributed by atoms with Gasteiger partial charge in [-0.15, -0.1) is 0 Å². The maximum absolute atomic E-state index is 13.2. The first-order valence-corrected chi connectivity index (χ1v) is 7.67. The molecule has 0 heterocycles. The Morgan fingerprint density at radius 1 is 1.10 bits per heavy atom. The summed E-state index contributed by atoms with van der Waals surface area (Å²) in [7, 11) is 0. The molecule has 1 atom stereocenters. The summed E-state index contributed by atoms with van der Waals surface area (Å²) in [6.45, 7) is 1.93. The molecule has 0 aliphatic rings. The summed E-state index contributed by atoms with van der Waals surface area (Å²) < 4.78 is 13.7. The van der Waals surface area contributed by atoms with Crippen molar-refractivity contribution in [2.75, 3.05) is 5.32 Å². The fraction of sp³-hybridized carbons (Fsp3) is 0.143. The van der Waals surface area contributed by atoms with Crippen LogP contribution >= 0.6 is 50.7 Å². The van der Waals surface area contributed by atoms with Crippen LogP contribution in [0.15, 0.2) is 34.8 Å². The average Bonchev–Trinajstić information content (AvgIpc) is 2.36. The molecule has 2 aromatic carbocycles. The van der Waals surface area contributed by atoms with Crippen LogP contribution in [0.3, 0.4) is 0 Å². The summed E-state index contributed by atoms with van der Waals surface area (Å²) in [6.07, 6.45) is 0. The van der Waals surface area contributed by atoms with Gasteiger partial charge in [0, 0.05) is 11.1 Å². The summed E-state index contributed by atoms with van der Waals surface area (Å²) >= 11 is 21.3. The van der Waals surface area contributed by atoms with E-state index in [1.54, 1.807) is 24.3 Å². The monoisotopic (exact) mass is 395 g/mol. The van der Waals surface area contributed by atoms with Crippen LogP contribution in [0.2, 0.25) is 15.1 Å². The third-order valence-electron chi connectivity index (χ3n) is 2.81. The number of benzene rings is 2. The molecule has 0 aromatic heterocycles. The van der Waals surface area contributed by atoms with Crippen LogP contribution < -0.4 is 5.32 Å². The molecule has 0 spiro atoms. The van der Waals surface area contributed by atoms with Crippen molar-refractivity contribution < 1.29 is 4.39 Å². The molecule has 1 nitrogen and oxygen atoms in total. The zero-order valence-corrected chi connectivity index (χ0v) is 14.2. The van der Waals surface area contributed by atoms with E-state index < -0.39 is 0 Å². The minimum absolute atomic E-state index is 0.0944. The molecular formula is C14H10BrCl3FN. The summed E-state index contributed by atoms with van der Waals surface area (Å²) in [4.78, 5) is 0. The van der Waals surface area contributed by atoms with Crippen LogP contribution in [0.25, 0.3) is 0 Å². The Hall–Kier alpha value is -0.480. The molecule has 6 heteroatoms. The summed E-state index contributed by atoms with van der Waals surface area (Å²) in [5.41, 5.74) is 1.51. The third-order valence-corrected chi connectivity index (χ3v) is 4.23. The highest BCUT2D eigenvalue weighted by atomic mass is 79.9. The lowest BCUT2D eigenvalue weighted by Gasteiger charge is -2.18. The first-order valence-electron chi connectivity index (χ1n) is 5.74. The number of hydrogen-bond acceptors (Lipinski definition) is 1. The Morgan fingerprint density at radius 3 is 2.25 bits per heavy atom. The SMILES string of the molecule is CC(Nc1c(Cl)cc(Cl)cc1Cl)c1ccc(F)c(Br)c1. The van der Waals surface area contributed by atoms with Crippen molar-refractivity contribution in [1.82, 2.24) is 0 Å². The van der Waals surface area contributed by atoms with Gasteiger partial charge in [0.15, 0.2) is 0 Å². The van der Waals surface area contributed by atoms with Crippen LogP contribution in [0.4, 0.5) is 10.1 Å². The molecule has 0 radical (unpaired) electrons. The third kappa shape index (κ3) is 3.59. The molecule has 2 aromatic rings. The van der Waals surface area contributed by atoms with Crippen molar-refractivity contribution in [3.63, 3.8) is 0 Å². The van der Waals surface area contributed by atoms with Crippen LogP contribution in [-0.4, -0.2) is 0 Å². The highest BCUT2D eigenvalue weighted by Crippen LogP contribution is 2.36. The lowest BCUT2D eigenvalue weighted by Crippen LogP contribution is -2.07. The predicted molar refractivity (Wildman–Crippen MR) is 87.6 cm³/mol. The molecule has 1 unspecified atom stereocenters. The number of rotatable bonds is 3.